The van der Waals surface area contributed by atoms with E-state index in [0.29, 0.717) is 25.4 Å². The Morgan fingerprint density at radius 3 is 2.68 bits per heavy atom. The predicted octanol–water partition coefficient (Wildman–Crippen LogP) is -0.397. The van der Waals surface area contributed by atoms with E-state index >= 15 is 0 Å². The molecule has 0 radical (unpaired) electrons. The first-order chi connectivity index (χ1) is 10.3. The average molecular weight is 312 g/mol. The van der Waals surface area contributed by atoms with Crippen LogP contribution in [-0.2, 0) is 14.4 Å². The van der Waals surface area contributed by atoms with Gasteiger partial charge in [0.25, 0.3) is 0 Å². The third-order valence-corrected chi connectivity index (χ3v) is 3.65. The van der Waals surface area contributed by atoms with Crippen molar-refractivity contribution in [2.45, 2.75) is 52.1 Å². The molecule has 2 atom stereocenters. The fourth-order valence-electron chi connectivity index (χ4n) is 2.53. The van der Waals surface area contributed by atoms with E-state index in [2.05, 4.69) is 24.5 Å². The highest BCUT2D eigenvalue weighted by Gasteiger charge is 2.29. The summed E-state index contributed by atoms with van der Waals surface area (Å²) < 4.78 is 0. The molecule has 1 saturated heterocycles. The topological polar surface area (TPSA) is 105 Å². The zero-order valence-electron chi connectivity index (χ0n) is 13.7. The molecule has 1 aliphatic rings. The van der Waals surface area contributed by atoms with E-state index in [1.165, 1.54) is 0 Å². The number of hydrogen-bond donors (Lipinski definition) is 3. The lowest BCUT2D eigenvalue weighted by atomic mass is 10.0. The van der Waals surface area contributed by atoms with Crippen LogP contribution in [0.2, 0.25) is 0 Å². The third kappa shape index (κ3) is 6.43. The molecular weight excluding hydrogens is 284 g/mol. The summed E-state index contributed by atoms with van der Waals surface area (Å²) >= 11 is 0. The third-order valence-electron chi connectivity index (χ3n) is 3.65. The number of amides is 3. The first kappa shape index (κ1) is 18.4. The second kappa shape index (κ2) is 8.73. The van der Waals surface area contributed by atoms with Crippen LogP contribution in [0.1, 0.15) is 40.0 Å². The quantitative estimate of drug-likeness (QED) is 0.567. The van der Waals surface area contributed by atoms with Crippen LogP contribution in [-0.4, -0.2) is 54.3 Å². The fourth-order valence-corrected chi connectivity index (χ4v) is 2.53. The van der Waals surface area contributed by atoms with Gasteiger partial charge in [0.15, 0.2) is 0 Å². The van der Waals surface area contributed by atoms with Crippen molar-refractivity contribution in [3.63, 3.8) is 0 Å². The van der Waals surface area contributed by atoms with Crippen molar-refractivity contribution in [2.75, 3.05) is 19.6 Å². The van der Waals surface area contributed by atoms with Gasteiger partial charge in [-0.2, -0.15) is 0 Å². The van der Waals surface area contributed by atoms with Crippen molar-refractivity contribution in [1.29, 1.82) is 0 Å². The summed E-state index contributed by atoms with van der Waals surface area (Å²) in [7, 11) is 0. The number of nitrogens with two attached hydrogens (primary N) is 1. The van der Waals surface area contributed by atoms with Crippen LogP contribution in [0.25, 0.3) is 0 Å². The number of carbonyl (C=O) groups excluding carboxylic acids is 3. The van der Waals surface area contributed by atoms with Gasteiger partial charge in [0.05, 0.1) is 12.6 Å². The maximum atomic E-state index is 12.3. The van der Waals surface area contributed by atoms with Gasteiger partial charge in [-0.25, -0.2) is 0 Å². The largest absolute Gasteiger partial charge is 0.370 e. The van der Waals surface area contributed by atoms with Crippen molar-refractivity contribution < 1.29 is 14.4 Å². The van der Waals surface area contributed by atoms with Crippen molar-refractivity contribution in [1.82, 2.24) is 15.5 Å². The van der Waals surface area contributed by atoms with Crippen LogP contribution in [0, 0.1) is 5.92 Å². The van der Waals surface area contributed by atoms with E-state index in [0.717, 1.165) is 6.42 Å². The molecule has 0 aromatic rings. The number of nitrogens with one attached hydrogen (secondary N) is 2. The molecule has 7 heteroatoms. The highest BCUT2D eigenvalue weighted by atomic mass is 16.2. The zero-order valence-corrected chi connectivity index (χ0v) is 13.7. The molecule has 7 nitrogen and oxygen atoms in total. The maximum absolute atomic E-state index is 12.3. The summed E-state index contributed by atoms with van der Waals surface area (Å²) in [4.78, 5) is 36.6. The normalized spacial score (nSPS) is 20.1. The van der Waals surface area contributed by atoms with E-state index in [9.17, 15) is 14.4 Å². The highest BCUT2D eigenvalue weighted by Crippen LogP contribution is 2.11. The van der Waals surface area contributed by atoms with E-state index in [1.807, 2.05) is 6.92 Å². The van der Waals surface area contributed by atoms with Crippen LogP contribution < -0.4 is 16.4 Å². The van der Waals surface area contributed by atoms with Crippen LogP contribution in [0.3, 0.4) is 0 Å². The molecular formula is C15H28N4O3. The average Bonchev–Trinajstić information content (AvgIpc) is 2.40. The van der Waals surface area contributed by atoms with Crippen LogP contribution >= 0.6 is 0 Å². The molecule has 22 heavy (non-hydrogen) atoms. The zero-order chi connectivity index (χ0) is 16.7. The first-order valence-corrected chi connectivity index (χ1v) is 7.89. The van der Waals surface area contributed by atoms with Crippen LogP contribution in [0.4, 0.5) is 0 Å². The van der Waals surface area contributed by atoms with Gasteiger partial charge in [-0.15, -0.1) is 0 Å². The SMILES string of the molecule is CC(C)CC1NCCN(CC(=O)NC(C)CCC(N)=O)C1=O. The monoisotopic (exact) mass is 312 g/mol. The smallest absolute Gasteiger partial charge is 0.240 e. The summed E-state index contributed by atoms with van der Waals surface area (Å²) in [6, 6.07) is -0.335. The van der Waals surface area contributed by atoms with Gasteiger partial charge in [0.1, 0.15) is 0 Å². The molecule has 0 spiro atoms. The summed E-state index contributed by atoms with van der Waals surface area (Å²) in [5.74, 6) is -0.172. The minimum Gasteiger partial charge on any atom is -0.370 e. The van der Waals surface area contributed by atoms with E-state index < -0.39 is 0 Å². The molecule has 0 bridgehead atoms. The highest BCUT2D eigenvalue weighted by molar-refractivity contribution is 5.88. The van der Waals surface area contributed by atoms with Gasteiger partial charge >= 0.3 is 0 Å². The predicted molar refractivity (Wildman–Crippen MR) is 83.9 cm³/mol. The van der Waals surface area contributed by atoms with Crippen LogP contribution in [0.5, 0.6) is 0 Å². The Hall–Kier alpha value is -1.63. The molecule has 0 aliphatic carbocycles. The molecule has 1 rings (SSSR count). The molecule has 4 N–H and O–H groups in total. The van der Waals surface area contributed by atoms with E-state index in [4.69, 9.17) is 5.73 Å². The molecule has 0 aromatic carbocycles. The fraction of sp³-hybridized carbons (Fsp3) is 0.800. The van der Waals surface area contributed by atoms with Crippen molar-refractivity contribution >= 4 is 17.7 Å². The Balaban J connectivity index is 2.42. The molecule has 0 aromatic heterocycles. The van der Waals surface area contributed by atoms with Gasteiger partial charge in [-0.3, -0.25) is 14.4 Å². The Bertz CT molecular complexity index is 412. The standard InChI is InChI=1S/C15H28N4O3/c1-10(2)8-12-15(22)19(7-6-17-12)9-14(21)18-11(3)4-5-13(16)20/h10-12,17H,4-9H2,1-3H3,(H2,16,20)(H,18,21). The second-order valence-electron chi connectivity index (χ2n) is 6.37. The summed E-state index contributed by atoms with van der Waals surface area (Å²) in [5, 5.41) is 6.00. The molecule has 126 valence electrons. The molecule has 1 fully saturated rings. The summed E-state index contributed by atoms with van der Waals surface area (Å²) in [5.41, 5.74) is 5.08. The van der Waals surface area contributed by atoms with Gasteiger partial charge < -0.3 is 21.3 Å². The van der Waals surface area contributed by atoms with Crippen LogP contribution in [0.15, 0.2) is 0 Å². The number of carbonyl (C=O) groups is 3. The summed E-state index contributed by atoms with van der Waals surface area (Å²) in [6.07, 6.45) is 1.52. The van der Waals surface area contributed by atoms with Crippen molar-refractivity contribution in [3.05, 3.63) is 0 Å². The molecule has 2 unspecified atom stereocenters. The van der Waals surface area contributed by atoms with E-state index in [1.54, 1.807) is 4.90 Å². The Morgan fingerprint density at radius 1 is 1.41 bits per heavy atom. The molecule has 3 amide bonds. The number of nitrogens with zero attached hydrogens (tertiary/aromatic N) is 1. The number of primary amides is 1. The maximum Gasteiger partial charge on any atom is 0.240 e. The number of hydrogen-bond acceptors (Lipinski definition) is 4. The number of piperazine rings is 1. The van der Waals surface area contributed by atoms with Gasteiger partial charge in [0, 0.05) is 25.6 Å². The van der Waals surface area contributed by atoms with Gasteiger partial charge in [-0.1, -0.05) is 13.8 Å². The Morgan fingerprint density at radius 2 is 2.09 bits per heavy atom. The van der Waals surface area contributed by atoms with Crippen molar-refractivity contribution in [2.24, 2.45) is 11.7 Å². The molecule has 1 heterocycles. The number of rotatable bonds is 8. The van der Waals surface area contributed by atoms with Crippen molar-refractivity contribution in [3.8, 4) is 0 Å². The molecule has 1 aliphatic heterocycles. The second-order valence-corrected chi connectivity index (χ2v) is 6.37. The van der Waals surface area contributed by atoms with Gasteiger partial charge in [-0.05, 0) is 25.7 Å². The van der Waals surface area contributed by atoms with E-state index in [-0.39, 0.29) is 42.8 Å². The lowest BCUT2D eigenvalue weighted by Gasteiger charge is -2.33. The Kier molecular flexibility index (Phi) is 7.31. The van der Waals surface area contributed by atoms with Gasteiger partial charge in [0.2, 0.25) is 17.7 Å². The molecule has 0 saturated carbocycles. The lowest BCUT2D eigenvalue weighted by molar-refractivity contribution is -0.140. The minimum atomic E-state index is -0.380. The lowest BCUT2D eigenvalue weighted by Crippen LogP contribution is -2.57. The summed E-state index contributed by atoms with van der Waals surface area (Å²) in [6.45, 7) is 7.27. The first-order valence-electron chi connectivity index (χ1n) is 7.89. The Labute approximate surface area is 132 Å². The minimum absolute atomic E-state index is 0.0140.